The zero-order valence-corrected chi connectivity index (χ0v) is 19.1. The molecule has 0 bridgehead atoms. The molecule has 0 aliphatic carbocycles. The predicted octanol–water partition coefficient (Wildman–Crippen LogP) is 4.19. The van der Waals surface area contributed by atoms with E-state index in [2.05, 4.69) is 5.32 Å². The van der Waals surface area contributed by atoms with Gasteiger partial charge in [-0.1, -0.05) is 6.42 Å². The maximum atomic E-state index is 13.0. The summed E-state index contributed by atoms with van der Waals surface area (Å²) < 4.78 is 43.9. The number of furan rings is 1. The van der Waals surface area contributed by atoms with Gasteiger partial charge in [-0.25, -0.2) is 8.42 Å². The van der Waals surface area contributed by atoms with Gasteiger partial charge in [0.2, 0.25) is 10.0 Å². The second-order valence-corrected chi connectivity index (χ2v) is 9.64. The van der Waals surface area contributed by atoms with Gasteiger partial charge in [-0.3, -0.25) is 4.79 Å². The number of benzene rings is 2. The molecule has 2 aromatic carbocycles. The van der Waals surface area contributed by atoms with Crippen LogP contribution in [-0.4, -0.2) is 45.9 Å². The van der Waals surface area contributed by atoms with E-state index in [0.717, 1.165) is 19.3 Å². The van der Waals surface area contributed by atoms with Crippen molar-refractivity contribution in [2.75, 3.05) is 32.6 Å². The van der Waals surface area contributed by atoms with Gasteiger partial charge in [0, 0.05) is 30.1 Å². The van der Waals surface area contributed by atoms with Gasteiger partial charge in [-0.15, -0.1) is 0 Å². The molecule has 0 saturated carbocycles. The molecule has 1 aliphatic heterocycles. The highest BCUT2D eigenvalue weighted by Crippen LogP contribution is 2.32. The Morgan fingerprint density at radius 2 is 1.78 bits per heavy atom. The Bertz CT molecular complexity index is 1260. The number of rotatable bonds is 6. The summed E-state index contributed by atoms with van der Waals surface area (Å²) in [6.07, 6.45) is 2.78. The van der Waals surface area contributed by atoms with E-state index in [-0.39, 0.29) is 10.7 Å². The van der Waals surface area contributed by atoms with Crippen molar-refractivity contribution in [1.82, 2.24) is 4.31 Å². The van der Waals surface area contributed by atoms with Crippen molar-refractivity contribution >= 4 is 32.6 Å². The van der Waals surface area contributed by atoms with Crippen LogP contribution in [0.4, 0.5) is 5.69 Å². The van der Waals surface area contributed by atoms with Gasteiger partial charge in [0.05, 0.1) is 24.8 Å². The van der Waals surface area contributed by atoms with E-state index in [1.807, 2.05) is 0 Å². The molecular weight excluding hydrogens is 432 g/mol. The molecule has 2 heterocycles. The first kappa shape index (κ1) is 22.2. The third-order valence-electron chi connectivity index (χ3n) is 5.72. The zero-order chi connectivity index (χ0) is 22.9. The van der Waals surface area contributed by atoms with Crippen molar-refractivity contribution in [3.63, 3.8) is 0 Å². The van der Waals surface area contributed by atoms with Crippen molar-refractivity contribution in [2.45, 2.75) is 31.1 Å². The molecule has 1 amide bonds. The Labute approximate surface area is 187 Å². The van der Waals surface area contributed by atoms with Crippen molar-refractivity contribution in [3.05, 3.63) is 47.7 Å². The van der Waals surface area contributed by atoms with E-state index < -0.39 is 15.9 Å². The van der Waals surface area contributed by atoms with Crippen LogP contribution in [0.3, 0.4) is 0 Å². The van der Waals surface area contributed by atoms with Crippen LogP contribution < -0.4 is 14.8 Å². The summed E-state index contributed by atoms with van der Waals surface area (Å²) in [6.45, 7) is 2.80. The Kier molecular flexibility index (Phi) is 6.12. The summed E-state index contributed by atoms with van der Waals surface area (Å²) in [5, 5.41) is 3.38. The number of carbonyl (C=O) groups excluding carboxylic acids is 1. The average Bonchev–Trinajstić information content (AvgIpc) is 3.15. The molecule has 0 atom stereocenters. The van der Waals surface area contributed by atoms with Crippen molar-refractivity contribution < 1.29 is 27.1 Å². The summed E-state index contributed by atoms with van der Waals surface area (Å²) >= 11 is 0. The summed E-state index contributed by atoms with van der Waals surface area (Å²) in [7, 11) is -0.535. The van der Waals surface area contributed by atoms with E-state index in [1.54, 1.807) is 44.4 Å². The van der Waals surface area contributed by atoms with Gasteiger partial charge in [-0.2, -0.15) is 4.31 Å². The van der Waals surface area contributed by atoms with Crippen molar-refractivity contribution in [1.29, 1.82) is 0 Å². The number of methoxy groups -OCH3 is 2. The second kappa shape index (κ2) is 8.84. The molecule has 0 unspecified atom stereocenters. The Balaban J connectivity index is 1.65. The molecule has 1 fully saturated rings. The minimum Gasteiger partial charge on any atom is -0.497 e. The predicted molar refractivity (Wildman–Crippen MR) is 121 cm³/mol. The van der Waals surface area contributed by atoms with Crippen LogP contribution >= 0.6 is 0 Å². The van der Waals surface area contributed by atoms with Gasteiger partial charge in [-0.05, 0) is 50.1 Å². The molecule has 1 aromatic heterocycles. The molecule has 170 valence electrons. The van der Waals surface area contributed by atoms with Crippen LogP contribution in [0.1, 0.15) is 35.4 Å². The van der Waals surface area contributed by atoms with Crippen LogP contribution in [0.5, 0.6) is 11.5 Å². The number of piperidine rings is 1. The van der Waals surface area contributed by atoms with E-state index >= 15 is 0 Å². The molecule has 1 N–H and O–H groups in total. The lowest BCUT2D eigenvalue weighted by Gasteiger charge is -2.25. The highest BCUT2D eigenvalue weighted by atomic mass is 32.2. The maximum absolute atomic E-state index is 13.0. The minimum absolute atomic E-state index is 0.116. The van der Waals surface area contributed by atoms with Gasteiger partial charge in [0.1, 0.15) is 17.1 Å². The quantitative estimate of drug-likeness (QED) is 0.595. The normalized spacial score (nSPS) is 15.0. The standard InChI is InChI=1S/C23H26N2O6S/c1-15-18-14-17(32(27,28)25-11-5-4-6-12-25)8-10-20(18)31-22(15)23(26)24-19-9-7-16(29-2)13-21(19)30-3/h7-10,13-14H,4-6,11-12H2,1-3H3,(H,24,26). The van der Waals surface area contributed by atoms with Crippen LogP contribution in [0, 0.1) is 6.92 Å². The molecular formula is C23H26N2O6S. The number of nitrogens with one attached hydrogen (secondary N) is 1. The lowest BCUT2D eigenvalue weighted by molar-refractivity contribution is 0.0997. The van der Waals surface area contributed by atoms with Crippen LogP contribution in [-0.2, 0) is 10.0 Å². The number of amides is 1. The Morgan fingerprint density at radius 3 is 2.47 bits per heavy atom. The third-order valence-corrected chi connectivity index (χ3v) is 7.62. The first-order chi connectivity index (χ1) is 15.3. The molecule has 1 saturated heterocycles. The fraction of sp³-hybridized carbons (Fsp3) is 0.348. The summed E-state index contributed by atoms with van der Waals surface area (Å²) in [5.41, 5.74) is 1.49. The summed E-state index contributed by atoms with van der Waals surface area (Å²) in [5.74, 6) is 0.705. The molecule has 0 spiro atoms. The van der Waals surface area contributed by atoms with E-state index in [4.69, 9.17) is 13.9 Å². The first-order valence-corrected chi connectivity index (χ1v) is 11.9. The first-order valence-electron chi connectivity index (χ1n) is 10.4. The lowest BCUT2D eigenvalue weighted by Crippen LogP contribution is -2.35. The van der Waals surface area contributed by atoms with Crippen molar-refractivity contribution in [3.8, 4) is 11.5 Å². The summed E-state index contributed by atoms with van der Waals surface area (Å²) in [4.78, 5) is 13.1. The number of hydrogen-bond acceptors (Lipinski definition) is 6. The van der Waals surface area contributed by atoms with Crippen molar-refractivity contribution in [2.24, 2.45) is 0 Å². The fourth-order valence-electron chi connectivity index (χ4n) is 3.91. The van der Waals surface area contributed by atoms with Crippen LogP contribution in [0.2, 0.25) is 0 Å². The molecule has 9 heteroatoms. The maximum Gasteiger partial charge on any atom is 0.291 e. The fourth-order valence-corrected chi connectivity index (χ4v) is 5.46. The number of nitrogens with zero attached hydrogens (tertiary/aromatic N) is 1. The van der Waals surface area contributed by atoms with Crippen LogP contribution in [0.25, 0.3) is 11.0 Å². The van der Waals surface area contributed by atoms with Gasteiger partial charge >= 0.3 is 0 Å². The minimum atomic E-state index is -3.58. The average molecular weight is 459 g/mol. The molecule has 0 radical (unpaired) electrons. The highest BCUT2D eigenvalue weighted by Gasteiger charge is 2.27. The molecule has 3 aromatic rings. The highest BCUT2D eigenvalue weighted by molar-refractivity contribution is 7.89. The van der Waals surface area contributed by atoms with Gasteiger partial charge < -0.3 is 19.2 Å². The number of ether oxygens (including phenoxy) is 2. The second-order valence-electron chi connectivity index (χ2n) is 7.70. The van der Waals surface area contributed by atoms with E-state index in [9.17, 15) is 13.2 Å². The van der Waals surface area contributed by atoms with E-state index in [1.165, 1.54) is 17.5 Å². The molecule has 32 heavy (non-hydrogen) atoms. The third kappa shape index (κ3) is 4.05. The Morgan fingerprint density at radius 1 is 1.03 bits per heavy atom. The number of aryl methyl sites for hydroxylation is 1. The Hall–Kier alpha value is -3.04. The largest absolute Gasteiger partial charge is 0.497 e. The van der Waals surface area contributed by atoms with Gasteiger partial charge in [0.15, 0.2) is 5.76 Å². The lowest BCUT2D eigenvalue weighted by atomic mass is 10.1. The SMILES string of the molecule is COc1ccc(NC(=O)c2oc3ccc(S(=O)(=O)N4CCCCC4)cc3c2C)c(OC)c1. The monoisotopic (exact) mass is 458 g/mol. The topological polar surface area (TPSA) is 98.1 Å². The molecule has 4 rings (SSSR count). The van der Waals surface area contributed by atoms with Crippen LogP contribution in [0.15, 0.2) is 45.7 Å². The molecule has 1 aliphatic rings. The number of sulfonamides is 1. The number of fused-ring (bicyclic) bond motifs is 1. The summed E-state index contributed by atoms with van der Waals surface area (Å²) in [6, 6.07) is 9.77. The number of anilines is 1. The molecule has 8 nitrogen and oxygen atoms in total. The number of carbonyl (C=O) groups is 1. The number of hydrogen-bond donors (Lipinski definition) is 1. The zero-order valence-electron chi connectivity index (χ0n) is 18.3. The van der Waals surface area contributed by atoms with E-state index in [0.29, 0.717) is 46.8 Å². The van der Waals surface area contributed by atoms with Gasteiger partial charge in [0.25, 0.3) is 5.91 Å². The smallest absolute Gasteiger partial charge is 0.291 e.